The van der Waals surface area contributed by atoms with E-state index in [1.807, 2.05) is 92.0 Å². The molecule has 98 heavy (non-hydrogen) atoms. The average Bonchev–Trinajstić information content (AvgIpc) is 1.58. The predicted molar refractivity (Wildman–Crippen MR) is 359 cm³/mol. The van der Waals surface area contributed by atoms with E-state index in [4.69, 9.17) is 9.47 Å². The summed E-state index contributed by atoms with van der Waals surface area (Å²) in [5.74, 6) is -1.83. The van der Waals surface area contributed by atoms with Gasteiger partial charge in [0.1, 0.15) is 24.8 Å². The number of ether oxygens (including phenoxy) is 2. The number of rotatable bonds is 27. The molecule has 2 atom stereocenters. The van der Waals surface area contributed by atoms with Crippen LogP contribution >= 0.6 is 0 Å². The summed E-state index contributed by atoms with van der Waals surface area (Å²) in [6.45, 7) is 5.80. The molecule has 23 heteroatoms. The highest BCUT2D eigenvalue weighted by atomic mass is 19.4. The van der Waals surface area contributed by atoms with Crippen molar-refractivity contribution in [3.8, 4) is 11.1 Å². The molecule has 3 fully saturated rings. The third kappa shape index (κ3) is 17.8. The molecule has 0 aromatic heterocycles. The highest BCUT2D eigenvalue weighted by molar-refractivity contribution is 5.96. The van der Waals surface area contributed by atoms with Gasteiger partial charge in [0.25, 0.3) is 11.8 Å². The lowest BCUT2D eigenvalue weighted by molar-refractivity contribution is -0.143. The zero-order valence-corrected chi connectivity index (χ0v) is 55.8. The Kier molecular flexibility index (Phi) is 23.8. The normalized spacial score (nSPS) is 18.2. The molecule has 3 saturated heterocycles. The van der Waals surface area contributed by atoms with Gasteiger partial charge in [-0.25, -0.2) is 9.18 Å². The fourth-order valence-corrected chi connectivity index (χ4v) is 14.3. The van der Waals surface area contributed by atoms with Gasteiger partial charge in [0.15, 0.2) is 0 Å². The number of alkyl halides is 6. The number of nitrogens with one attached hydrogen (secondary N) is 1. The first kappa shape index (κ1) is 72.5. The Morgan fingerprint density at radius 1 is 0.663 bits per heavy atom. The number of piperidine rings is 2. The Morgan fingerprint density at radius 2 is 1.32 bits per heavy atom. The van der Waals surface area contributed by atoms with Crippen LogP contribution in [-0.4, -0.2) is 183 Å². The van der Waals surface area contributed by atoms with Crippen LogP contribution in [-0.2, 0) is 55.4 Å². The van der Waals surface area contributed by atoms with E-state index in [1.165, 1.54) is 29.2 Å². The summed E-state index contributed by atoms with van der Waals surface area (Å²) in [7, 11) is 5.31. The number of fused-ring (bicyclic) bond motifs is 2. The number of carboxylic acid groups (broad SMARTS) is 1. The Bertz CT molecular complexity index is 3680. The number of halogens is 7. The summed E-state index contributed by atoms with van der Waals surface area (Å²) in [6, 6.07) is 39.3. The summed E-state index contributed by atoms with van der Waals surface area (Å²) in [5.41, 5.74) is 1.19. The van der Waals surface area contributed by atoms with Crippen LogP contribution in [0.1, 0.15) is 118 Å². The fourth-order valence-electron chi connectivity index (χ4n) is 14.3. The predicted octanol–water partition coefficient (Wildman–Crippen LogP) is 12.6. The van der Waals surface area contributed by atoms with Gasteiger partial charge < -0.3 is 49.3 Å². The SMILES string of the molecule is CN(CCN1CCC(N(C(=O)O)c2ccccc2-c2ccccc2)CC1)C(=O)CCCCCNCc1cccc(C(=O)N(C)CCCN(C)C(=O)CO[C@H]2Cc3ccccc3C23CCN(CC[C@@]2(c4ccc(F)cc4)CN(C(=O)c4cc(C(F)(F)F)cc(C(F)(F)F)c4)CO2)CC3)c1. The van der Waals surface area contributed by atoms with E-state index in [9.17, 15) is 59.8 Å². The second-order valence-electron chi connectivity index (χ2n) is 26.5. The van der Waals surface area contributed by atoms with Crippen LogP contribution < -0.4 is 10.2 Å². The molecule has 0 unspecified atom stereocenters. The molecule has 1 spiro atoms. The molecule has 3 aliphatic heterocycles. The van der Waals surface area contributed by atoms with E-state index >= 15 is 0 Å². The molecule has 5 amide bonds. The molecule has 0 radical (unpaired) electrons. The summed E-state index contributed by atoms with van der Waals surface area (Å²) >= 11 is 0. The Hall–Kier alpha value is -8.22. The zero-order chi connectivity index (χ0) is 69.8. The van der Waals surface area contributed by atoms with E-state index in [0.717, 1.165) is 78.2 Å². The minimum Gasteiger partial charge on any atom is -0.465 e. The number of unbranched alkanes of at least 4 members (excludes halogenated alkanes) is 2. The van der Waals surface area contributed by atoms with Gasteiger partial charge >= 0.3 is 18.4 Å². The third-order valence-electron chi connectivity index (χ3n) is 20.1. The number of hydrogen-bond donors (Lipinski definition) is 2. The number of hydrogen-bond acceptors (Lipinski definition) is 10. The van der Waals surface area contributed by atoms with Crippen LogP contribution in [0.3, 0.4) is 0 Å². The van der Waals surface area contributed by atoms with Gasteiger partial charge in [0.05, 0.1) is 29.5 Å². The van der Waals surface area contributed by atoms with Crippen molar-refractivity contribution in [3.63, 3.8) is 0 Å². The Morgan fingerprint density at radius 3 is 2.02 bits per heavy atom. The number of carbonyl (C=O) groups excluding carboxylic acids is 4. The lowest BCUT2D eigenvalue weighted by Crippen LogP contribution is -2.50. The van der Waals surface area contributed by atoms with Crippen molar-refractivity contribution in [1.82, 2.24) is 34.7 Å². The minimum atomic E-state index is -5.15. The molecule has 1 aliphatic carbocycles. The monoisotopic (exact) mass is 1360 g/mol. The number of para-hydroxylation sites is 1. The number of anilines is 1. The second-order valence-corrected chi connectivity index (χ2v) is 26.5. The largest absolute Gasteiger partial charge is 0.465 e. The van der Waals surface area contributed by atoms with Crippen molar-refractivity contribution in [2.75, 3.05) is 111 Å². The van der Waals surface area contributed by atoms with Crippen LogP contribution in [0.4, 0.5) is 41.2 Å². The van der Waals surface area contributed by atoms with Crippen molar-refractivity contribution in [2.24, 2.45) is 0 Å². The maximum atomic E-state index is 14.3. The fraction of sp³-hybridized carbons (Fsp3) is 0.453. The first-order valence-electron chi connectivity index (χ1n) is 33.7. The van der Waals surface area contributed by atoms with E-state index in [1.54, 1.807) is 34.9 Å². The first-order chi connectivity index (χ1) is 46.9. The number of nitrogens with zero attached hydrogens (tertiary/aromatic N) is 7. The van der Waals surface area contributed by atoms with Crippen LogP contribution in [0.25, 0.3) is 11.1 Å². The molecule has 3 heterocycles. The average molecular weight is 1360 g/mol. The summed E-state index contributed by atoms with van der Waals surface area (Å²) < 4.78 is 110. The lowest BCUT2D eigenvalue weighted by Gasteiger charge is -2.44. The quantitative estimate of drug-likeness (QED) is 0.0373. The van der Waals surface area contributed by atoms with Gasteiger partial charge in [-0.15, -0.1) is 0 Å². The van der Waals surface area contributed by atoms with Crippen molar-refractivity contribution in [3.05, 3.63) is 196 Å². The van der Waals surface area contributed by atoms with Crippen LogP contribution in [0.5, 0.6) is 0 Å². The van der Waals surface area contributed by atoms with Crippen molar-refractivity contribution >= 4 is 35.4 Å². The van der Waals surface area contributed by atoms with Gasteiger partial charge in [-0.2, -0.15) is 26.3 Å². The summed E-state index contributed by atoms with van der Waals surface area (Å²) in [6.07, 6.45) is -4.40. The minimum absolute atomic E-state index is 0.0287. The standard InChI is InChI=1S/C75H87F7N8O8/c1-84(35-15-36-86(3)69(93)56-20-14-16-53(44-56)49-83-34-13-5-8-24-67(91)85(2)42-43-87-37-29-62(30-38-87)90(71(95)96)65-23-12-10-21-63(65)54-17-6-4-7-18-54)68(92)50-97-66-47-55-19-9-11-22-64(55)72(66)31-39-88(40-32-72)41-33-73(58-25-27-61(76)28-26-58)51-89(52-98-73)70(94)57-45-59(74(77,78)79)48-60(46-57)75(80,81)82/h4,6-7,9-12,14,16-23,25-28,44-46,48,62,66,83H,5,8,13,15,24,29-43,47,49-52H2,1-3H3,(H,95,96)/t66-,73-/m0/s1. The molecule has 6 aromatic carbocycles. The maximum absolute atomic E-state index is 14.3. The van der Waals surface area contributed by atoms with Gasteiger partial charge in [-0.05, 0) is 154 Å². The van der Waals surface area contributed by atoms with E-state index in [0.29, 0.717) is 120 Å². The third-order valence-corrected chi connectivity index (χ3v) is 20.1. The van der Waals surface area contributed by atoms with Crippen molar-refractivity contribution in [2.45, 2.75) is 113 Å². The van der Waals surface area contributed by atoms with Crippen LogP contribution in [0.2, 0.25) is 0 Å². The van der Waals surface area contributed by atoms with Crippen molar-refractivity contribution < 1.29 is 69.3 Å². The van der Waals surface area contributed by atoms with Crippen LogP contribution in [0.15, 0.2) is 146 Å². The van der Waals surface area contributed by atoms with Gasteiger partial charge in [-0.1, -0.05) is 103 Å². The molecular weight excluding hydrogens is 1270 g/mol. The number of likely N-dealkylation sites (tertiary alicyclic amines) is 2. The van der Waals surface area contributed by atoms with Gasteiger partial charge in [0.2, 0.25) is 11.8 Å². The van der Waals surface area contributed by atoms with E-state index < -0.39 is 64.6 Å². The van der Waals surface area contributed by atoms with E-state index in [2.05, 4.69) is 27.2 Å². The number of amides is 5. The number of likely N-dealkylation sites (N-methyl/N-ethyl adjacent to an activating group) is 2. The van der Waals surface area contributed by atoms with Gasteiger partial charge in [0, 0.05) is 108 Å². The van der Waals surface area contributed by atoms with Crippen LogP contribution in [0, 0.1) is 5.82 Å². The Labute approximate surface area is 568 Å². The molecule has 4 aliphatic rings. The molecule has 6 aromatic rings. The first-order valence-corrected chi connectivity index (χ1v) is 33.7. The summed E-state index contributed by atoms with van der Waals surface area (Å²) in [5, 5.41) is 13.8. The summed E-state index contributed by atoms with van der Waals surface area (Å²) in [4.78, 5) is 79.0. The molecule has 0 bridgehead atoms. The topological polar surface area (TPSA) is 159 Å². The number of carbonyl (C=O) groups is 5. The van der Waals surface area contributed by atoms with Crippen molar-refractivity contribution in [1.29, 1.82) is 0 Å². The molecule has 0 saturated carbocycles. The van der Waals surface area contributed by atoms with Gasteiger partial charge in [-0.3, -0.25) is 24.1 Å². The molecule has 10 rings (SSSR count). The highest BCUT2D eigenvalue weighted by Crippen LogP contribution is 2.49. The number of benzene rings is 6. The molecule has 16 nitrogen and oxygen atoms in total. The molecular formula is C75H87F7N8O8. The maximum Gasteiger partial charge on any atom is 0.416 e. The molecule has 524 valence electrons. The smallest absolute Gasteiger partial charge is 0.416 e. The lowest BCUT2D eigenvalue weighted by atomic mass is 9.72. The highest BCUT2D eigenvalue weighted by Gasteiger charge is 2.50. The second kappa shape index (κ2) is 32.2. The zero-order valence-electron chi connectivity index (χ0n) is 55.8. The van der Waals surface area contributed by atoms with E-state index in [-0.39, 0.29) is 55.5 Å². The molecule has 2 N–H and O–H groups in total. The Balaban J connectivity index is 0.617.